The van der Waals surface area contributed by atoms with Gasteiger partial charge in [-0.3, -0.25) is 0 Å². The van der Waals surface area contributed by atoms with Gasteiger partial charge in [0.05, 0.1) is 0 Å². The Morgan fingerprint density at radius 3 is 1.48 bits per heavy atom. The second-order valence-corrected chi connectivity index (χ2v) is 8.13. The van der Waals surface area contributed by atoms with E-state index in [-0.39, 0.29) is 0 Å². The third-order valence-corrected chi connectivity index (χ3v) is 6.32. The molecule has 0 heteroatoms. The average molecular weight is 395 g/mol. The van der Waals surface area contributed by atoms with Gasteiger partial charge < -0.3 is 0 Å². The monoisotopic (exact) mass is 394 g/mol. The Labute approximate surface area is 183 Å². The van der Waals surface area contributed by atoms with Crippen molar-refractivity contribution in [2.45, 2.75) is 6.42 Å². The lowest BCUT2D eigenvalue weighted by molar-refractivity contribution is 1.26. The first kappa shape index (κ1) is 17.9. The molecule has 5 aromatic rings. The van der Waals surface area contributed by atoms with Crippen LogP contribution in [-0.2, 0) is 6.42 Å². The highest BCUT2D eigenvalue weighted by Gasteiger charge is 2.27. The van der Waals surface area contributed by atoms with Crippen LogP contribution in [-0.4, -0.2) is 0 Å². The molecule has 0 unspecified atom stereocenters. The van der Waals surface area contributed by atoms with Crippen LogP contribution in [0.5, 0.6) is 0 Å². The van der Waals surface area contributed by atoms with Crippen LogP contribution < -0.4 is 0 Å². The zero-order valence-corrected chi connectivity index (χ0v) is 17.3. The van der Waals surface area contributed by atoms with Crippen molar-refractivity contribution < 1.29 is 0 Å². The van der Waals surface area contributed by atoms with Gasteiger partial charge in [0.2, 0.25) is 0 Å². The SMILES string of the molecule is c1ccc(-c2cc(-c3ccccc3)c3c(c2-c2ccccc2)Cc2ccccc2-3)cc1. The average Bonchev–Trinajstić information content (AvgIpc) is 3.24. The summed E-state index contributed by atoms with van der Waals surface area (Å²) in [5, 5.41) is 0. The van der Waals surface area contributed by atoms with Crippen molar-refractivity contribution in [3.05, 3.63) is 132 Å². The largest absolute Gasteiger partial charge is 0.0622 e. The van der Waals surface area contributed by atoms with Crippen LogP contribution in [0.1, 0.15) is 11.1 Å². The van der Waals surface area contributed by atoms with E-state index in [2.05, 4.69) is 121 Å². The minimum Gasteiger partial charge on any atom is -0.0622 e. The van der Waals surface area contributed by atoms with E-state index in [0.29, 0.717) is 0 Å². The maximum atomic E-state index is 2.41. The summed E-state index contributed by atoms with van der Waals surface area (Å²) >= 11 is 0. The first-order chi connectivity index (χ1) is 15.4. The lowest BCUT2D eigenvalue weighted by Gasteiger charge is -2.20. The molecule has 1 aliphatic carbocycles. The molecule has 0 heterocycles. The van der Waals surface area contributed by atoms with Crippen LogP contribution in [0.4, 0.5) is 0 Å². The Hall–Kier alpha value is -3.90. The molecule has 0 amide bonds. The van der Waals surface area contributed by atoms with Crippen molar-refractivity contribution in [2.75, 3.05) is 0 Å². The summed E-state index contributed by atoms with van der Waals surface area (Å²) in [5.41, 5.74) is 13.4. The standard InChI is InChI=1S/C31H22/c1-4-12-22(13-5-1)27-21-28(23-14-6-2-7-15-23)31-26-19-11-10-18-25(26)20-29(31)30(27)24-16-8-3-9-17-24/h1-19,21H,20H2. The van der Waals surface area contributed by atoms with Crippen molar-refractivity contribution in [2.24, 2.45) is 0 Å². The molecular formula is C31H22. The van der Waals surface area contributed by atoms with Gasteiger partial charge in [-0.25, -0.2) is 0 Å². The minimum atomic E-state index is 0.968. The third-order valence-electron chi connectivity index (χ3n) is 6.32. The van der Waals surface area contributed by atoms with E-state index in [1.165, 1.54) is 55.6 Å². The highest BCUT2D eigenvalue weighted by Crippen LogP contribution is 2.50. The second-order valence-electron chi connectivity index (χ2n) is 8.13. The predicted octanol–water partition coefficient (Wildman–Crippen LogP) is 8.26. The van der Waals surface area contributed by atoms with Crippen LogP contribution in [0.25, 0.3) is 44.5 Å². The van der Waals surface area contributed by atoms with Gasteiger partial charge in [-0.15, -0.1) is 0 Å². The topological polar surface area (TPSA) is 0 Å². The van der Waals surface area contributed by atoms with E-state index >= 15 is 0 Å². The first-order valence-electron chi connectivity index (χ1n) is 10.8. The van der Waals surface area contributed by atoms with Crippen LogP contribution in [0.2, 0.25) is 0 Å². The molecule has 6 rings (SSSR count). The van der Waals surface area contributed by atoms with E-state index in [1.807, 2.05) is 0 Å². The van der Waals surface area contributed by atoms with Gasteiger partial charge in [0, 0.05) is 0 Å². The quantitative estimate of drug-likeness (QED) is 0.283. The first-order valence-corrected chi connectivity index (χ1v) is 10.8. The smallest absolute Gasteiger partial charge is 0.000683 e. The normalized spacial score (nSPS) is 11.7. The predicted molar refractivity (Wildman–Crippen MR) is 131 cm³/mol. The highest BCUT2D eigenvalue weighted by molar-refractivity contribution is 6.01. The van der Waals surface area contributed by atoms with Gasteiger partial charge in [0.15, 0.2) is 0 Å². The van der Waals surface area contributed by atoms with Gasteiger partial charge >= 0.3 is 0 Å². The molecule has 0 aliphatic heterocycles. The van der Waals surface area contributed by atoms with Gasteiger partial charge in [-0.1, -0.05) is 115 Å². The van der Waals surface area contributed by atoms with E-state index in [0.717, 1.165) is 6.42 Å². The third kappa shape index (κ3) is 3.00. The Balaban J connectivity index is 1.75. The van der Waals surface area contributed by atoms with Crippen molar-refractivity contribution in [1.82, 2.24) is 0 Å². The summed E-state index contributed by atoms with van der Waals surface area (Å²) in [6.07, 6.45) is 0.968. The molecule has 5 aromatic carbocycles. The van der Waals surface area contributed by atoms with Crippen molar-refractivity contribution >= 4 is 0 Å². The molecule has 0 bridgehead atoms. The summed E-state index contributed by atoms with van der Waals surface area (Å²) in [5.74, 6) is 0. The Morgan fingerprint density at radius 2 is 0.871 bits per heavy atom. The van der Waals surface area contributed by atoms with Gasteiger partial charge in [-0.05, 0) is 68.1 Å². The Morgan fingerprint density at radius 1 is 0.387 bits per heavy atom. The fraction of sp³-hybridized carbons (Fsp3) is 0.0323. The molecule has 0 nitrogen and oxygen atoms in total. The number of rotatable bonds is 3. The van der Waals surface area contributed by atoms with Crippen molar-refractivity contribution in [3.8, 4) is 44.5 Å². The van der Waals surface area contributed by atoms with E-state index in [4.69, 9.17) is 0 Å². The summed E-state index contributed by atoms with van der Waals surface area (Å²) < 4.78 is 0. The molecule has 0 saturated heterocycles. The Kier molecular flexibility index (Phi) is 4.28. The highest BCUT2D eigenvalue weighted by atomic mass is 14.3. The second kappa shape index (κ2) is 7.41. The fourth-order valence-corrected chi connectivity index (χ4v) is 4.96. The van der Waals surface area contributed by atoms with Crippen molar-refractivity contribution in [1.29, 1.82) is 0 Å². The molecule has 0 spiro atoms. The van der Waals surface area contributed by atoms with E-state index in [9.17, 15) is 0 Å². The van der Waals surface area contributed by atoms with Crippen LogP contribution in [0, 0.1) is 0 Å². The van der Waals surface area contributed by atoms with Gasteiger partial charge in [-0.2, -0.15) is 0 Å². The number of benzene rings is 5. The summed E-state index contributed by atoms with van der Waals surface area (Å²) in [7, 11) is 0. The molecule has 0 atom stereocenters. The lowest BCUT2D eigenvalue weighted by atomic mass is 9.83. The molecule has 0 N–H and O–H groups in total. The van der Waals surface area contributed by atoms with Gasteiger partial charge in [0.25, 0.3) is 0 Å². The summed E-state index contributed by atoms with van der Waals surface area (Å²) in [4.78, 5) is 0. The van der Waals surface area contributed by atoms with Crippen LogP contribution in [0.3, 0.4) is 0 Å². The molecule has 0 radical (unpaired) electrons. The zero-order chi connectivity index (χ0) is 20.6. The molecule has 0 saturated carbocycles. The zero-order valence-electron chi connectivity index (χ0n) is 17.3. The Bertz CT molecular complexity index is 1360. The van der Waals surface area contributed by atoms with Crippen molar-refractivity contribution in [3.63, 3.8) is 0 Å². The van der Waals surface area contributed by atoms with Gasteiger partial charge in [0.1, 0.15) is 0 Å². The summed E-state index contributed by atoms with van der Waals surface area (Å²) in [6.45, 7) is 0. The molecule has 1 aliphatic rings. The molecule has 0 aromatic heterocycles. The van der Waals surface area contributed by atoms with E-state index < -0.39 is 0 Å². The number of fused-ring (bicyclic) bond motifs is 3. The lowest BCUT2D eigenvalue weighted by Crippen LogP contribution is -1.96. The molecular weight excluding hydrogens is 372 g/mol. The number of hydrogen-bond acceptors (Lipinski definition) is 0. The fourth-order valence-electron chi connectivity index (χ4n) is 4.96. The maximum absolute atomic E-state index is 2.41. The number of hydrogen-bond donors (Lipinski definition) is 0. The van der Waals surface area contributed by atoms with Crippen LogP contribution in [0.15, 0.2) is 121 Å². The molecule has 146 valence electrons. The summed E-state index contributed by atoms with van der Waals surface area (Å²) in [6, 6.07) is 43.8. The molecule has 31 heavy (non-hydrogen) atoms. The maximum Gasteiger partial charge on any atom is -0.000683 e. The van der Waals surface area contributed by atoms with Crippen LogP contribution >= 0.6 is 0 Å². The molecule has 0 fully saturated rings. The van der Waals surface area contributed by atoms with E-state index in [1.54, 1.807) is 0 Å². The minimum absolute atomic E-state index is 0.968.